The molecule has 0 unspecified atom stereocenters. The third kappa shape index (κ3) is 4.53. The Bertz CT molecular complexity index is 494. The molecule has 1 aromatic rings. The Morgan fingerprint density at radius 3 is 2.55 bits per heavy atom. The van der Waals surface area contributed by atoms with Crippen molar-refractivity contribution in [3.05, 3.63) is 24.0 Å². The Kier molecular flexibility index (Phi) is 5.07. The minimum atomic E-state index is -0.733. The highest BCUT2D eigenvalue weighted by molar-refractivity contribution is 6.03. The summed E-state index contributed by atoms with van der Waals surface area (Å²) in [5.74, 6) is 0.128. The van der Waals surface area contributed by atoms with E-state index >= 15 is 0 Å². The Hall–Kier alpha value is -2.11. The van der Waals surface area contributed by atoms with E-state index in [2.05, 4.69) is 10.3 Å². The molecule has 1 aromatic heterocycles. The van der Waals surface area contributed by atoms with E-state index in [1.807, 2.05) is 0 Å². The van der Waals surface area contributed by atoms with Gasteiger partial charge in [-0.2, -0.15) is 0 Å². The quantitative estimate of drug-likeness (QED) is 0.855. The Morgan fingerprint density at radius 2 is 2.00 bits per heavy atom. The molecule has 1 atom stereocenters. The fourth-order valence-electron chi connectivity index (χ4n) is 1.53. The van der Waals surface area contributed by atoms with Gasteiger partial charge in [0.25, 0.3) is 0 Å². The fraction of sp³-hybridized carbons (Fsp3) is 0.500. The lowest BCUT2D eigenvalue weighted by Crippen LogP contribution is -2.41. The van der Waals surface area contributed by atoms with Crippen LogP contribution in [0.1, 0.15) is 38.1 Å². The van der Waals surface area contributed by atoms with Crippen molar-refractivity contribution in [3.63, 3.8) is 0 Å². The maximum Gasteiger partial charge on any atom is 0.408 e. The highest BCUT2D eigenvalue weighted by Crippen LogP contribution is 2.18. The summed E-state index contributed by atoms with van der Waals surface area (Å²) in [6.07, 6.45) is 2.30. The van der Waals surface area contributed by atoms with E-state index < -0.39 is 17.7 Å². The molecule has 0 aliphatic carbocycles. The van der Waals surface area contributed by atoms with Gasteiger partial charge in [-0.1, -0.05) is 0 Å². The van der Waals surface area contributed by atoms with E-state index in [1.54, 1.807) is 33.8 Å². The number of methoxy groups -OCH3 is 1. The van der Waals surface area contributed by atoms with Gasteiger partial charge in [0.15, 0.2) is 5.78 Å². The van der Waals surface area contributed by atoms with Crippen molar-refractivity contribution in [2.24, 2.45) is 0 Å². The summed E-state index contributed by atoms with van der Waals surface area (Å²) < 4.78 is 10.2. The lowest BCUT2D eigenvalue weighted by Gasteiger charge is -2.21. The molecule has 6 nitrogen and oxygen atoms in total. The second kappa shape index (κ2) is 6.36. The van der Waals surface area contributed by atoms with Crippen LogP contribution >= 0.6 is 0 Å². The zero-order chi connectivity index (χ0) is 15.3. The number of pyridine rings is 1. The van der Waals surface area contributed by atoms with Crippen LogP contribution in [0, 0.1) is 0 Å². The zero-order valence-electron chi connectivity index (χ0n) is 12.4. The summed E-state index contributed by atoms with van der Waals surface area (Å²) in [5.41, 5.74) is -0.294. The molecule has 0 aromatic carbocycles. The zero-order valence-corrected chi connectivity index (χ0v) is 12.4. The van der Waals surface area contributed by atoms with Crippen LogP contribution in [-0.2, 0) is 4.74 Å². The molecule has 0 spiro atoms. The van der Waals surface area contributed by atoms with Gasteiger partial charge in [0, 0.05) is 12.4 Å². The van der Waals surface area contributed by atoms with Gasteiger partial charge in [0.1, 0.15) is 11.4 Å². The van der Waals surface area contributed by atoms with Gasteiger partial charge in [-0.15, -0.1) is 0 Å². The van der Waals surface area contributed by atoms with E-state index in [9.17, 15) is 9.59 Å². The number of alkyl carbamates (subject to hydrolysis) is 1. The number of ketones is 1. The number of aromatic nitrogens is 1. The molecule has 0 aliphatic heterocycles. The predicted molar refractivity (Wildman–Crippen MR) is 74.0 cm³/mol. The number of ether oxygens (including phenoxy) is 2. The van der Waals surface area contributed by atoms with Gasteiger partial charge in [-0.25, -0.2) is 4.79 Å². The maximum absolute atomic E-state index is 12.2. The molecule has 1 amide bonds. The van der Waals surface area contributed by atoms with Crippen molar-refractivity contribution in [2.75, 3.05) is 7.11 Å². The van der Waals surface area contributed by atoms with E-state index in [0.717, 1.165) is 0 Å². The van der Waals surface area contributed by atoms with Crippen LogP contribution < -0.4 is 10.1 Å². The Balaban J connectivity index is 2.75. The summed E-state index contributed by atoms with van der Waals surface area (Å²) in [6.45, 7) is 6.84. The smallest absolute Gasteiger partial charge is 0.408 e. The van der Waals surface area contributed by atoms with Crippen LogP contribution in [0.2, 0.25) is 0 Å². The molecule has 0 saturated heterocycles. The minimum absolute atomic E-state index is 0.291. The molecule has 6 heteroatoms. The maximum atomic E-state index is 12.2. The number of Topliss-reactive ketones (excluding diaryl/α,β-unsaturated/α-hetero) is 1. The molecule has 1 N–H and O–H groups in total. The Morgan fingerprint density at radius 1 is 1.35 bits per heavy atom. The largest absolute Gasteiger partial charge is 0.496 e. The first kappa shape index (κ1) is 15.9. The van der Waals surface area contributed by atoms with Gasteiger partial charge < -0.3 is 14.8 Å². The third-order valence-corrected chi connectivity index (χ3v) is 2.39. The fourth-order valence-corrected chi connectivity index (χ4v) is 1.53. The first-order valence-electron chi connectivity index (χ1n) is 6.26. The second-order valence-electron chi connectivity index (χ2n) is 5.31. The van der Waals surface area contributed by atoms with Crippen molar-refractivity contribution >= 4 is 11.9 Å². The molecule has 1 rings (SSSR count). The number of rotatable bonds is 4. The monoisotopic (exact) mass is 280 g/mol. The summed E-state index contributed by atoms with van der Waals surface area (Å²) in [7, 11) is 1.47. The highest BCUT2D eigenvalue weighted by Gasteiger charge is 2.23. The average molecular weight is 280 g/mol. The molecular formula is C14H20N2O4. The summed E-state index contributed by atoms with van der Waals surface area (Å²) in [6, 6.07) is 0.857. The van der Waals surface area contributed by atoms with Crippen molar-refractivity contribution in [2.45, 2.75) is 39.3 Å². The number of amides is 1. The van der Waals surface area contributed by atoms with Gasteiger partial charge in [0.2, 0.25) is 0 Å². The highest BCUT2D eigenvalue weighted by atomic mass is 16.6. The van der Waals surface area contributed by atoms with E-state index in [1.165, 1.54) is 19.5 Å². The first-order valence-corrected chi connectivity index (χ1v) is 6.26. The van der Waals surface area contributed by atoms with Crippen LogP contribution in [0.4, 0.5) is 4.79 Å². The molecule has 0 aliphatic rings. The number of carbonyl (C=O) groups is 2. The second-order valence-corrected chi connectivity index (χ2v) is 5.31. The standard InChI is InChI=1S/C14H20N2O4/c1-9(16-13(18)20-14(2,3)4)12(17)10-8-15-7-6-11(10)19-5/h6-9H,1-5H3,(H,16,18)/t9-/m1/s1. The number of carbonyl (C=O) groups excluding carboxylic acids is 2. The first-order chi connectivity index (χ1) is 9.24. The summed E-state index contributed by atoms with van der Waals surface area (Å²) in [4.78, 5) is 27.8. The lowest BCUT2D eigenvalue weighted by atomic mass is 10.1. The van der Waals surface area contributed by atoms with Crippen molar-refractivity contribution in [1.82, 2.24) is 10.3 Å². The van der Waals surface area contributed by atoms with Crippen LogP contribution in [0.5, 0.6) is 5.75 Å². The van der Waals surface area contributed by atoms with Crippen molar-refractivity contribution < 1.29 is 19.1 Å². The van der Waals surface area contributed by atoms with E-state index in [-0.39, 0.29) is 5.78 Å². The molecule has 20 heavy (non-hydrogen) atoms. The van der Waals surface area contributed by atoms with Gasteiger partial charge in [-0.3, -0.25) is 9.78 Å². The van der Waals surface area contributed by atoms with Crippen molar-refractivity contribution in [1.29, 1.82) is 0 Å². The predicted octanol–water partition coefficient (Wildman–Crippen LogP) is 2.19. The Labute approximate surface area is 118 Å². The summed E-state index contributed by atoms with van der Waals surface area (Å²) >= 11 is 0. The molecular weight excluding hydrogens is 260 g/mol. The normalized spacial score (nSPS) is 12.4. The average Bonchev–Trinajstić information content (AvgIpc) is 2.35. The third-order valence-electron chi connectivity index (χ3n) is 2.39. The molecule has 0 fully saturated rings. The number of hydrogen-bond acceptors (Lipinski definition) is 5. The van der Waals surface area contributed by atoms with Gasteiger partial charge >= 0.3 is 6.09 Å². The number of nitrogens with zero attached hydrogens (tertiary/aromatic N) is 1. The molecule has 0 saturated carbocycles. The van der Waals surface area contributed by atoms with Crippen LogP contribution in [0.25, 0.3) is 0 Å². The van der Waals surface area contributed by atoms with Gasteiger partial charge in [-0.05, 0) is 33.8 Å². The van der Waals surface area contributed by atoms with E-state index in [4.69, 9.17) is 9.47 Å². The summed E-state index contributed by atoms with van der Waals surface area (Å²) in [5, 5.41) is 2.49. The van der Waals surface area contributed by atoms with Gasteiger partial charge in [0.05, 0.1) is 18.7 Å². The van der Waals surface area contributed by atoms with E-state index in [0.29, 0.717) is 11.3 Å². The number of nitrogens with one attached hydrogen (secondary N) is 1. The molecule has 0 bridgehead atoms. The molecule has 1 heterocycles. The van der Waals surface area contributed by atoms with Crippen LogP contribution in [-0.4, -0.2) is 35.6 Å². The van der Waals surface area contributed by atoms with Crippen molar-refractivity contribution in [3.8, 4) is 5.75 Å². The topological polar surface area (TPSA) is 77.5 Å². The van der Waals surface area contributed by atoms with Crippen LogP contribution in [0.15, 0.2) is 18.5 Å². The van der Waals surface area contributed by atoms with Crippen LogP contribution in [0.3, 0.4) is 0 Å². The number of hydrogen-bond donors (Lipinski definition) is 1. The minimum Gasteiger partial charge on any atom is -0.496 e. The lowest BCUT2D eigenvalue weighted by molar-refractivity contribution is 0.0496. The molecule has 110 valence electrons. The SMILES string of the molecule is COc1ccncc1C(=O)[C@@H](C)NC(=O)OC(C)(C)C. The molecule has 0 radical (unpaired) electrons.